The molecule has 0 aliphatic rings. The summed E-state index contributed by atoms with van der Waals surface area (Å²) in [6.07, 6.45) is 0.217. The van der Waals surface area contributed by atoms with Crippen molar-refractivity contribution in [3.05, 3.63) is 143 Å². The molecular formula is C31H30N2O3Sn. The Hall–Kier alpha value is -3.64. The average Bonchev–Trinajstić information content (AvgIpc) is 2.95. The van der Waals surface area contributed by atoms with Crippen molar-refractivity contribution in [1.29, 1.82) is 0 Å². The van der Waals surface area contributed by atoms with Gasteiger partial charge in [-0.2, -0.15) is 0 Å². The van der Waals surface area contributed by atoms with E-state index in [0.29, 0.717) is 5.56 Å². The van der Waals surface area contributed by atoms with Crippen LogP contribution in [0.5, 0.6) is 5.75 Å². The molecule has 4 aromatic carbocycles. The molecule has 4 aromatic rings. The Balaban J connectivity index is 0.000000220. The molecular weight excluding hydrogens is 567 g/mol. The van der Waals surface area contributed by atoms with Crippen molar-refractivity contribution in [2.75, 3.05) is 0 Å². The monoisotopic (exact) mass is 598 g/mol. The molecule has 0 saturated carbocycles. The van der Waals surface area contributed by atoms with Crippen molar-refractivity contribution in [3.63, 3.8) is 0 Å². The second-order valence-corrected chi connectivity index (χ2v) is 11.7. The van der Waals surface area contributed by atoms with Crippen molar-refractivity contribution >= 4 is 33.0 Å². The molecule has 0 aromatic heterocycles. The number of para-hydroxylation sites is 1. The van der Waals surface area contributed by atoms with E-state index in [-0.39, 0.29) is 45.4 Å². The summed E-state index contributed by atoms with van der Waals surface area (Å²) in [5.41, 5.74) is 9.65. The van der Waals surface area contributed by atoms with Crippen molar-refractivity contribution < 1.29 is 14.7 Å². The van der Waals surface area contributed by atoms with Gasteiger partial charge in [0.15, 0.2) is 0 Å². The van der Waals surface area contributed by atoms with E-state index in [0.717, 1.165) is 5.56 Å². The van der Waals surface area contributed by atoms with Crippen molar-refractivity contribution in [3.8, 4) is 5.75 Å². The van der Waals surface area contributed by atoms with Gasteiger partial charge in [0.25, 0.3) is 5.91 Å². The number of nitrogens with one attached hydrogen (secondary N) is 2. The van der Waals surface area contributed by atoms with Crippen LogP contribution in [-0.4, -0.2) is 38.1 Å². The summed E-state index contributed by atoms with van der Waals surface area (Å²) in [5, 5.41) is 9.61. The maximum atomic E-state index is 11.9. The number of carbonyl (C=O) groups is 1. The molecule has 0 heterocycles. The number of benzene rings is 4. The normalized spacial score (nSPS) is 9.95. The van der Waals surface area contributed by atoms with Gasteiger partial charge in [-0.05, 0) is 11.6 Å². The van der Waals surface area contributed by atoms with Gasteiger partial charge in [0.1, 0.15) is 17.3 Å². The fourth-order valence-corrected chi connectivity index (χ4v) is 6.81. The van der Waals surface area contributed by atoms with Crippen LogP contribution in [0.25, 0.3) is 0 Å². The maximum absolute atomic E-state index is 11.9. The third kappa shape index (κ3) is 10.5. The van der Waals surface area contributed by atoms with Crippen LogP contribution in [0.4, 0.5) is 0 Å². The topological polar surface area (TPSA) is 78.4 Å². The molecule has 0 fully saturated rings. The Morgan fingerprint density at radius 1 is 0.703 bits per heavy atom. The van der Waals surface area contributed by atoms with E-state index in [4.69, 9.17) is 0 Å². The molecule has 4 rings (SSSR count). The number of hydrazine groups is 1. The van der Waals surface area contributed by atoms with E-state index in [2.05, 4.69) is 71.5 Å². The molecule has 0 unspecified atom stereocenters. The number of hydrogen-bond donors (Lipinski definition) is 3. The van der Waals surface area contributed by atoms with Crippen molar-refractivity contribution in [2.45, 2.75) is 21.8 Å². The summed E-state index contributed by atoms with van der Waals surface area (Å²) in [4.78, 5) is 22.9. The number of rotatable bonds is 10. The van der Waals surface area contributed by atoms with E-state index in [9.17, 15) is 14.7 Å². The van der Waals surface area contributed by atoms with Crippen LogP contribution in [0.1, 0.15) is 22.3 Å². The molecule has 0 spiro atoms. The molecule has 1 amide bonds. The molecule has 0 bridgehead atoms. The Morgan fingerprint density at radius 3 is 1.70 bits per heavy atom. The van der Waals surface area contributed by atoms with Crippen LogP contribution in [0, 0.1) is 0 Å². The molecule has 37 heavy (non-hydrogen) atoms. The van der Waals surface area contributed by atoms with Gasteiger partial charge in [-0.3, -0.25) is 10.2 Å². The van der Waals surface area contributed by atoms with E-state index in [1.807, 2.05) is 30.3 Å². The second kappa shape index (κ2) is 16.2. The molecule has 186 valence electrons. The van der Waals surface area contributed by atoms with Gasteiger partial charge in [0, 0.05) is 18.5 Å². The molecule has 3 N–H and O–H groups in total. The number of amides is 1. The first-order valence-corrected chi connectivity index (χ1v) is 16.1. The minimum atomic E-state index is -0.533. The molecule has 0 saturated heterocycles. The zero-order chi connectivity index (χ0) is 26.1. The summed E-state index contributed by atoms with van der Waals surface area (Å²) in [6, 6.07) is 37.7. The third-order valence-electron chi connectivity index (χ3n) is 5.44. The van der Waals surface area contributed by atoms with Crippen LogP contribution in [0.15, 0.2) is 121 Å². The van der Waals surface area contributed by atoms with Crippen LogP contribution in [-0.2, 0) is 31.4 Å². The Labute approximate surface area is 228 Å². The summed E-state index contributed by atoms with van der Waals surface area (Å²) in [6.45, 7) is 0.246. The van der Waals surface area contributed by atoms with E-state index in [1.54, 1.807) is 30.2 Å². The van der Waals surface area contributed by atoms with Crippen LogP contribution in [0.3, 0.4) is 0 Å². The fourth-order valence-electron chi connectivity index (χ4n) is 3.46. The number of hydrogen-bond acceptors (Lipinski definition) is 4. The second-order valence-electron chi connectivity index (χ2n) is 8.25. The average molecular weight is 597 g/mol. The summed E-state index contributed by atoms with van der Waals surface area (Å²) >= 11 is -0.258. The first kappa shape index (κ1) is 27.9. The van der Waals surface area contributed by atoms with Gasteiger partial charge in [-0.15, -0.1) is 0 Å². The molecule has 5 nitrogen and oxygen atoms in total. The first-order chi connectivity index (χ1) is 18.2. The van der Waals surface area contributed by atoms with Gasteiger partial charge < -0.3 is 5.11 Å². The van der Waals surface area contributed by atoms with Crippen LogP contribution in [0.2, 0.25) is 0 Å². The summed E-state index contributed by atoms with van der Waals surface area (Å²) < 4.78 is 2.69. The van der Waals surface area contributed by atoms with E-state index < -0.39 is 5.91 Å². The van der Waals surface area contributed by atoms with Crippen molar-refractivity contribution in [1.82, 2.24) is 10.9 Å². The fraction of sp³-hybridized carbons (Fsp3) is 0.129. The van der Waals surface area contributed by atoms with Gasteiger partial charge in [0.2, 0.25) is 0 Å². The van der Waals surface area contributed by atoms with Gasteiger partial charge in [-0.1, -0.05) is 48.5 Å². The number of phenols is 1. The SMILES string of the molecule is O=C=C(Cc1ccccc1)C(=O)NNCc1ccccc1O.c1ccc([CH2][Sn][CH2]c2ccccc2)cc1. The Morgan fingerprint density at radius 2 is 1.19 bits per heavy atom. The molecule has 0 aliphatic carbocycles. The van der Waals surface area contributed by atoms with Crippen molar-refractivity contribution in [2.24, 2.45) is 0 Å². The Bertz CT molecular complexity index is 1240. The molecule has 0 atom stereocenters. The van der Waals surface area contributed by atoms with Gasteiger partial charge in [0.05, 0.1) is 0 Å². The standard InChI is InChI=1S/C17H16N2O3.2C7H7.Sn/c20-12-15(10-13-6-2-1-3-7-13)17(22)19-18-11-14-8-4-5-9-16(14)21;2*1-7-5-3-2-4-6-7;/h1-9,18,21H,10-11H2,(H,19,22);2*2-6H,1H2;. The zero-order valence-electron chi connectivity index (χ0n) is 20.6. The van der Waals surface area contributed by atoms with Gasteiger partial charge >= 0.3 is 102 Å². The van der Waals surface area contributed by atoms with E-state index >= 15 is 0 Å². The van der Waals surface area contributed by atoms with Gasteiger partial charge in [-0.25, -0.2) is 10.2 Å². The summed E-state index contributed by atoms with van der Waals surface area (Å²) in [5.74, 6) is 1.28. The zero-order valence-corrected chi connectivity index (χ0v) is 23.4. The van der Waals surface area contributed by atoms with Crippen LogP contribution >= 0.6 is 0 Å². The third-order valence-corrected chi connectivity index (χ3v) is 9.19. The molecule has 6 heteroatoms. The number of aromatic hydroxyl groups is 1. The quantitative estimate of drug-likeness (QED) is 0.108. The number of phenolic OH excluding ortho intramolecular Hbond substituents is 1. The van der Waals surface area contributed by atoms with Crippen LogP contribution < -0.4 is 10.9 Å². The predicted octanol–water partition coefficient (Wildman–Crippen LogP) is 4.60. The number of carbonyl (C=O) groups excluding carboxylic acids is 2. The minimum absolute atomic E-state index is 0.0102. The Kier molecular flexibility index (Phi) is 12.2. The molecule has 0 aliphatic heterocycles. The van der Waals surface area contributed by atoms with E-state index in [1.165, 1.54) is 20.0 Å². The predicted molar refractivity (Wildman–Crippen MR) is 148 cm³/mol. The summed E-state index contributed by atoms with van der Waals surface area (Å²) in [7, 11) is 0. The first-order valence-electron chi connectivity index (χ1n) is 12.0. The molecule has 2 radical (unpaired) electrons.